The van der Waals surface area contributed by atoms with Gasteiger partial charge in [-0.15, -0.1) is 0 Å². The summed E-state index contributed by atoms with van der Waals surface area (Å²) < 4.78 is 0. The molecule has 25 heavy (non-hydrogen) atoms. The third-order valence-corrected chi connectivity index (χ3v) is 5.10. The Balaban J connectivity index is 0.00000109. The zero-order valence-corrected chi connectivity index (χ0v) is 16.9. The highest BCUT2D eigenvalue weighted by molar-refractivity contribution is 5.53. The second-order valence-electron chi connectivity index (χ2n) is 6.68. The summed E-state index contributed by atoms with van der Waals surface area (Å²) >= 11 is 0. The van der Waals surface area contributed by atoms with E-state index in [1.807, 2.05) is 13.8 Å². The van der Waals surface area contributed by atoms with E-state index in [1.165, 1.54) is 55.0 Å². The Morgan fingerprint density at radius 3 is 2.44 bits per heavy atom. The lowest BCUT2D eigenvalue weighted by Gasteiger charge is -2.39. The van der Waals surface area contributed by atoms with Crippen LogP contribution in [0.25, 0.3) is 0 Å². The smallest absolute Gasteiger partial charge is 0.123 e. The van der Waals surface area contributed by atoms with Crippen LogP contribution in [0.15, 0.2) is 47.0 Å². The Morgan fingerprint density at radius 2 is 1.84 bits per heavy atom. The Morgan fingerprint density at radius 1 is 1.12 bits per heavy atom. The fourth-order valence-corrected chi connectivity index (χ4v) is 3.80. The molecule has 0 amide bonds. The lowest BCUT2D eigenvalue weighted by molar-refractivity contribution is 0.176. The van der Waals surface area contributed by atoms with Gasteiger partial charge in [-0.25, -0.2) is 5.43 Å². The van der Waals surface area contributed by atoms with Gasteiger partial charge in [-0.2, -0.15) is 0 Å². The molecule has 0 aliphatic carbocycles. The van der Waals surface area contributed by atoms with Crippen LogP contribution in [0, 0.1) is 0 Å². The zero-order valence-electron chi connectivity index (χ0n) is 16.9. The van der Waals surface area contributed by atoms with Crippen molar-refractivity contribution in [3.05, 3.63) is 47.0 Å². The van der Waals surface area contributed by atoms with E-state index in [0.717, 1.165) is 19.3 Å². The van der Waals surface area contributed by atoms with Crippen molar-refractivity contribution >= 4 is 0 Å². The van der Waals surface area contributed by atoms with Crippen LogP contribution in [0.2, 0.25) is 0 Å². The summed E-state index contributed by atoms with van der Waals surface area (Å²) in [6.45, 7) is 13.1. The number of hydrogen-bond donors (Lipinski definition) is 1. The lowest BCUT2D eigenvalue weighted by atomic mass is 9.96. The van der Waals surface area contributed by atoms with Gasteiger partial charge in [0.15, 0.2) is 0 Å². The number of hydrazine groups is 1. The van der Waals surface area contributed by atoms with Crippen LogP contribution in [-0.4, -0.2) is 29.0 Å². The SMILES string of the molecule is CC.CC/C=C(\CC)C1=CC=C(N2CCCCC2)N2NC(CC)C=C12. The van der Waals surface area contributed by atoms with Gasteiger partial charge in [-0.3, -0.25) is 5.01 Å². The van der Waals surface area contributed by atoms with E-state index in [2.05, 4.69) is 60.4 Å². The van der Waals surface area contributed by atoms with Crippen LogP contribution in [0.4, 0.5) is 0 Å². The molecule has 3 heteroatoms. The minimum absolute atomic E-state index is 0.444. The van der Waals surface area contributed by atoms with Crippen molar-refractivity contribution in [3.63, 3.8) is 0 Å². The normalized spacial score (nSPS) is 23.3. The van der Waals surface area contributed by atoms with E-state index in [-0.39, 0.29) is 0 Å². The van der Waals surface area contributed by atoms with Crippen LogP contribution in [-0.2, 0) is 0 Å². The topological polar surface area (TPSA) is 18.5 Å². The number of fused-ring (bicyclic) bond motifs is 1. The lowest BCUT2D eigenvalue weighted by Crippen LogP contribution is -2.45. The molecule has 3 aliphatic heterocycles. The summed E-state index contributed by atoms with van der Waals surface area (Å²) in [6, 6.07) is 0.444. The van der Waals surface area contributed by atoms with Crippen molar-refractivity contribution < 1.29 is 0 Å². The highest BCUT2D eigenvalue weighted by Gasteiger charge is 2.32. The number of nitrogens with one attached hydrogen (secondary N) is 1. The van der Waals surface area contributed by atoms with Gasteiger partial charge in [-0.05, 0) is 62.3 Å². The van der Waals surface area contributed by atoms with Gasteiger partial charge >= 0.3 is 0 Å². The Kier molecular flexibility index (Phi) is 7.83. The van der Waals surface area contributed by atoms with E-state index < -0.39 is 0 Å². The minimum Gasteiger partial charge on any atom is -0.357 e. The molecular weight excluding hydrogens is 306 g/mol. The summed E-state index contributed by atoms with van der Waals surface area (Å²) in [4.78, 5) is 2.55. The molecule has 3 rings (SSSR count). The monoisotopic (exact) mass is 343 g/mol. The molecule has 0 aromatic rings. The molecular formula is C22H37N3. The van der Waals surface area contributed by atoms with Crippen molar-refractivity contribution in [2.24, 2.45) is 0 Å². The molecule has 1 N–H and O–H groups in total. The average Bonchev–Trinajstić information content (AvgIpc) is 3.12. The van der Waals surface area contributed by atoms with Crippen molar-refractivity contribution in [3.8, 4) is 0 Å². The van der Waals surface area contributed by atoms with Gasteiger partial charge in [-0.1, -0.05) is 40.7 Å². The highest BCUT2D eigenvalue weighted by Crippen LogP contribution is 2.36. The Bertz CT molecular complexity index is 548. The standard InChI is InChI=1S/C20H31N3.C2H6/c1-4-10-16(5-2)18-11-12-20(22-13-8-7-9-14-22)23-19(18)15-17(6-3)21-23;1-2/h10-12,15,17,21H,4-9,13-14H2,1-3H3;1-2H3/b16-10+;. The molecule has 0 bridgehead atoms. The first-order valence-corrected chi connectivity index (χ1v) is 10.4. The minimum atomic E-state index is 0.444. The number of piperidine rings is 1. The summed E-state index contributed by atoms with van der Waals surface area (Å²) in [5, 5.41) is 2.36. The van der Waals surface area contributed by atoms with Gasteiger partial charge in [0.2, 0.25) is 0 Å². The molecule has 3 aliphatic rings. The summed E-state index contributed by atoms with van der Waals surface area (Å²) in [6.07, 6.45) is 16.8. The third-order valence-electron chi connectivity index (χ3n) is 5.10. The molecule has 1 unspecified atom stereocenters. The molecule has 1 fully saturated rings. The predicted octanol–water partition coefficient (Wildman–Crippen LogP) is 5.51. The molecule has 0 saturated carbocycles. The maximum absolute atomic E-state index is 3.70. The van der Waals surface area contributed by atoms with Crippen LogP contribution in [0.1, 0.15) is 73.1 Å². The van der Waals surface area contributed by atoms with E-state index in [1.54, 1.807) is 0 Å². The van der Waals surface area contributed by atoms with Gasteiger partial charge < -0.3 is 4.90 Å². The number of allylic oxidation sites excluding steroid dienone is 4. The second kappa shape index (κ2) is 9.86. The molecule has 0 radical (unpaired) electrons. The second-order valence-corrected chi connectivity index (χ2v) is 6.68. The highest BCUT2D eigenvalue weighted by atomic mass is 15.6. The molecule has 3 nitrogen and oxygen atoms in total. The van der Waals surface area contributed by atoms with E-state index in [4.69, 9.17) is 0 Å². The van der Waals surface area contributed by atoms with Gasteiger partial charge in [0.25, 0.3) is 0 Å². The molecule has 3 heterocycles. The van der Waals surface area contributed by atoms with Crippen LogP contribution >= 0.6 is 0 Å². The fraction of sp³-hybridized carbons (Fsp3) is 0.636. The molecule has 1 saturated heterocycles. The van der Waals surface area contributed by atoms with E-state index in [0.29, 0.717) is 6.04 Å². The first-order chi connectivity index (χ1) is 12.3. The first kappa shape index (κ1) is 19.8. The predicted molar refractivity (Wildman–Crippen MR) is 109 cm³/mol. The number of nitrogens with zero attached hydrogens (tertiary/aromatic N) is 2. The Labute approximate surface area is 155 Å². The van der Waals surface area contributed by atoms with Crippen LogP contribution < -0.4 is 5.43 Å². The molecule has 1 atom stereocenters. The summed E-state index contributed by atoms with van der Waals surface area (Å²) in [7, 11) is 0. The average molecular weight is 344 g/mol. The van der Waals surface area contributed by atoms with Crippen LogP contribution in [0.3, 0.4) is 0 Å². The van der Waals surface area contributed by atoms with Gasteiger partial charge in [0, 0.05) is 24.7 Å². The Hall–Kier alpha value is -1.48. The first-order valence-electron chi connectivity index (χ1n) is 10.4. The van der Waals surface area contributed by atoms with Gasteiger partial charge in [0.1, 0.15) is 5.82 Å². The maximum atomic E-state index is 3.70. The van der Waals surface area contributed by atoms with Crippen molar-refractivity contribution in [1.29, 1.82) is 0 Å². The summed E-state index contributed by atoms with van der Waals surface area (Å²) in [5.41, 5.74) is 7.94. The van der Waals surface area contributed by atoms with Crippen molar-refractivity contribution in [2.45, 2.75) is 79.2 Å². The zero-order chi connectivity index (χ0) is 18.2. The number of rotatable bonds is 5. The van der Waals surface area contributed by atoms with E-state index in [9.17, 15) is 0 Å². The maximum Gasteiger partial charge on any atom is 0.123 e. The quantitative estimate of drug-likeness (QED) is 0.710. The van der Waals surface area contributed by atoms with E-state index >= 15 is 0 Å². The fourth-order valence-electron chi connectivity index (χ4n) is 3.80. The van der Waals surface area contributed by atoms with Crippen LogP contribution in [0.5, 0.6) is 0 Å². The molecule has 0 aromatic carbocycles. The van der Waals surface area contributed by atoms with Crippen molar-refractivity contribution in [1.82, 2.24) is 15.3 Å². The van der Waals surface area contributed by atoms with Crippen molar-refractivity contribution in [2.75, 3.05) is 13.1 Å². The summed E-state index contributed by atoms with van der Waals surface area (Å²) in [5.74, 6) is 1.34. The van der Waals surface area contributed by atoms with Gasteiger partial charge in [0.05, 0.1) is 5.70 Å². The third kappa shape index (κ3) is 4.38. The number of likely N-dealkylation sites (tertiary alicyclic amines) is 1. The molecule has 140 valence electrons. The molecule has 0 aromatic heterocycles. The molecule has 0 spiro atoms. The number of hydrogen-bond acceptors (Lipinski definition) is 3. The largest absolute Gasteiger partial charge is 0.357 e.